The normalized spacial score (nSPS) is 28.2. The molecule has 2 aliphatic rings. The molecule has 1 aromatic rings. The van der Waals surface area contributed by atoms with Crippen LogP contribution in [0.4, 0.5) is 5.69 Å². The first-order valence-corrected chi connectivity index (χ1v) is 7.71. The molecule has 0 aromatic heterocycles. The molecule has 3 rings (SSSR count). The summed E-state index contributed by atoms with van der Waals surface area (Å²) in [6, 6.07) is 6.13. The van der Waals surface area contributed by atoms with Crippen LogP contribution >= 0.6 is 0 Å². The minimum atomic E-state index is 0.200. The predicted octanol–water partition coefficient (Wildman–Crippen LogP) is 4.23. The molecule has 1 amide bonds. The summed E-state index contributed by atoms with van der Waals surface area (Å²) in [7, 11) is 0. The molecular weight excluding hydrogens is 246 g/mol. The number of anilines is 1. The van der Waals surface area contributed by atoms with Crippen molar-refractivity contribution in [2.24, 2.45) is 17.8 Å². The molecule has 2 nitrogen and oxygen atoms in total. The van der Waals surface area contributed by atoms with Crippen molar-refractivity contribution in [3.8, 4) is 0 Å². The minimum Gasteiger partial charge on any atom is -0.326 e. The number of benzene rings is 1. The van der Waals surface area contributed by atoms with Crippen LogP contribution in [0.2, 0.25) is 0 Å². The zero-order chi connectivity index (χ0) is 14.1. The zero-order valence-electron chi connectivity index (χ0n) is 12.4. The second-order valence-electron chi connectivity index (χ2n) is 6.27. The number of aryl methyl sites for hydroxylation is 2. The quantitative estimate of drug-likeness (QED) is 0.800. The molecule has 1 fully saturated rings. The molecule has 1 N–H and O–H groups in total. The molecule has 0 aliphatic heterocycles. The molecule has 0 heterocycles. The van der Waals surface area contributed by atoms with E-state index >= 15 is 0 Å². The summed E-state index contributed by atoms with van der Waals surface area (Å²) in [5.74, 6) is 1.47. The lowest BCUT2D eigenvalue weighted by Gasteiger charge is -2.07. The van der Waals surface area contributed by atoms with Crippen molar-refractivity contribution >= 4 is 11.6 Å². The first-order chi connectivity index (χ1) is 9.66. The summed E-state index contributed by atoms with van der Waals surface area (Å²) in [5.41, 5.74) is 3.42. The molecule has 0 saturated heterocycles. The van der Waals surface area contributed by atoms with Gasteiger partial charge in [-0.1, -0.05) is 24.6 Å². The Morgan fingerprint density at radius 3 is 2.85 bits per heavy atom. The summed E-state index contributed by atoms with van der Waals surface area (Å²) in [5, 5.41) is 3.10. The van der Waals surface area contributed by atoms with Gasteiger partial charge in [-0.2, -0.15) is 0 Å². The third kappa shape index (κ3) is 2.65. The fourth-order valence-electron chi connectivity index (χ4n) is 3.34. The second-order valence-corrected chi connectivity index (χ2v) is 6.27. The smallest absolute Gasteiger partial charge is 0.228 e. The van der Waals surface area contributed by atoms with Crippen LogP contribution in [-0.4, -0.2) is 5.91 Å². The molecule has 3 atom stereocenters. The number of carbonyl (C=O) groups is 1. The number of hydrogen-bond acceptors (Lipinski definition) is 1. The standard InChI is InChI=1S/C18H23NO/c1-12-9-10-14(11-13(12)2)19-18(20)17-15-7-5-3-4-6-8-16(15)17/h5,7,9-11,15-17H,3-4,6,8H2,1-2H3,(H,19,20)/t15-,16+,17-/m1/s1. The van der Waals surface area contributed by atoms with Gasteiger partial charge in [0.2, 0.25) is 5.91 Å². The van der Waals surface area contributed by atoms with Crippen molar-refractivity contribution in [2.75, 3.05) is 5.32 Å². The van der Waals surface area contributed by atoms with E-state index in [4.69, 9.17) is 0 Å². The third-order valence-electron chi connectivity index (χ3n) is 4.82. The Hall–Kier alpha value is -1.57. The van der Waals surface area contributed by atoms with Gasteiger partial charge < -0.3 is 5.32 Å². The third-order valence-corrected chi connectivity index (χ3v) is 4.82. The van der Waals surface area contributed by atoms with E-state index in [2.05, 4.69) is 43.4 Å². The maximum absolute atomic E-state index is 12.4. The highest BCUT2D eigenvalue weighted by atomic mass is 16.2. The Bertz CT molecular complexity index is 546. The summed E-state index contributed by atoms with van der Waals surface area (Å²) < 4.78 is 0. The largest absolute Gasteiger partial charge is 0.326 e. The zero-order valence-corrected chi connectivity index (χ0v) is 12.4. The van der Waals surface area contributed by atoms with E-state index in [1.807, 2.05) is 6.07 Å². The van der Waals surface area contributed by atoms with E-state index in [1.165, 1.54) is 36.8 Å². The number of hydrogen-bond donors (Lipinski definition) is 1. The van der Waals surface area contributed by atoms with Crippen LogP contribution in [-0.2, 0) is 4.79 Å². The van der Waals surface area contributed by atoms with Crippen molar-refractivity contribution in [2.45, 2.75) is 39.5 Å². The second kappa shape index (κ2) is 5.43. The van der Waals surface area contributed by atoms with Gasteiger partial charge in [0.25, 0.3) is 0 Å². The van der Waals surface area contributed by atoms with Crippen molar-refractivity contribution in [3.63, 3.8) is 0 Å². The van der Waals surface area contributed by atoms with E-state index in [9.17, 15) is 4.79 Å². The lowest BCUT2D eigenvalue weighted by atomic mass is 10.1. The highest BCUT2D eigenvalue weighted by molar-refractivity contribution is 5.95. The van der Waals surface area contributed by atoms with Gasteiger partial charge in [0.05, 0.1) is 0 Å². The molecule has 0 spiro atoms. The summed E-state index contributed by atoms with van der Waals surface area (Å²) >= 11 is 0. The molecule has 1 saturated carbocycles. The fourth-order valence-corrected chi connectivity index (χ4v) is 3.34. The van der Waals surface area contributed by atoms with Crippen LogP contribution < -0.4 is 5.32 Å². The maximum atomic E-state index is 12.4. The van der Waals surface area contributed by atoms with Crippen LogP contribution in [0, 0.1) is 31.6 Å². The Morgan fingerprint density at radius 1 is 1.20 bits per heavy atom. The van der Waals surface area contributed by atoms with Crippen molar-refractivity contribution in [1.82, 2.24) is 0 Å². The first kappa shape index (κ1) is 13.4. The molecule has 0 radical (unpaired) electrons. The lowest BCUT2D eigenvalue weighted by Crippen LogP contribution is -2.15. The summed E-state index contributed by atoms with van der Waals surface area (Å²) in [6.45, 7) is 4.17. The van der Waals surface area contributed by atoms with Gasteiger partial charge in [-0.05, 0) is 68.2 Å². The number of nitrogens with one attached hydrogen (secondary N) is 1. The van der Waals surface area contributed by atoms with Crippen LogP contribution in [0.15, 0.2) is 30.4 Å². The maximum Gasteiger partial charge on any atom is 0.228 e. The van der Waals surface area contributed by atoms with Crippen molar-refractivity contribution in [3.05, 3.63) is 41.5 Å². The van der Waals surface area contributed by atoms with Gasteiger partial charge in [-0.15, -0.1) is 0 Å². The van der Waals surface area contributed by atoms with Crippen molar-refractivity contribution in [1.29, 1.82) is 0 Å². The molecule has 2 heteroatoms. The molecule has 106 valence electrons. The fraction of sp³-hybridized carbons (Fsp3) is 0.500. The molecule has 0 bridgehead atoms. The molecule has 2 aliphatic carbocycles. The highest BCUT2D eigenvalue weighted by Gasteiger charge is 2.52. The van der Waals surface area contributed by atoms with Gasteiger partial charge in [0, 0.05) is 11.6 Å². The van der Waals surface area contributed by atoms with Gasteiger partial charge in [0.1, 0.15) is 0 Å². The van der Waals surface area contributed by atoms with Crippen LogP contribution in [0.3, 0.4) is 0 Å². The average molecular weight is 269 g/mol. The van der Waals surface area contributed by atoms with Crippen molar-refractivity contribution < 1.29 is 4.79 Å². The Labute approximate surface area is 121 Å². The first-order valence-electron chi connectivity index (χ1n) is 7.71. The molecule has 0 unspecified atom stereocenters. The van der Waals surface area contributed by atoms with Crippen LogP contribution in [0.25, 0.3) is 0 Å². The number of carbonyl (C=O) groups excluding carboxylic acids is 1. The van der Waals surface area contributed by atoms with E-state index in [0.29, 0.717) is 11.8 Å². The summed E-state index contributed by atoms with van der Waals surface area (Å²) in [4.78, 5) is 12.4. The summed E-state index contributed by atoms with van der Waals surface area (Å²) in [6.07, 6.45) is 9.45. The van der Waals surface area contributed by atoms with Crippen LogP contribution in [0.5, 0.6) is 0 Å². The van der Waals surface area contributed by atoms with Gasteiger partial charge in [-0.25, -0.2) is 0 Å². The number of amides is 1. The monoisotopic (exact) mass is 269 g/mol. The average Bonchev–Trinajstić information content (AvgIpc) is 3.05. The van der Waals surface area contributed by atoms with Gasteiger partial charge >= 0.3 is 0 Å². The number of fused-ring (bicyclic) bond motifs is 1. The Morgan fingerprint density at radius 2 is 2.05 bits per heavy atom. The van der Waals surface area contributed by atoms with Crippen LogP contribution in [0.1, 0.15) is 36.8 Å². The number of allylic oxidation sites excluding steroid dienone is 2. The molecule has 1 aromatic carbocycles. The number of rotatable bonds is 2. The highest BCUT2D eigenvalue weighted by Crippen LogP contribution is 2.51. The Balaban J connectivity index is 1.66. The SMILES string of the molecule is Cc1ccc(NC(=O)[C@@H]2[C@@H]3C=CCCCC[C@@H]32)cc1C. The Kier molecular flexibility index (Phi) is 3.64. The van der Waals surface area contributed by atoms with E-state index in [-0.39, 0.29) is 11.8 Å². The van der Waals surface area contributed by atoms with Gasteiger partial charge in [0.15, 0.2) is 0 Å². The van der Waals surface area contributed by atoms with E-state index in [1.54, 1.807) is 0 Å². The lowest BCUT2D eigenvalue weighted by molar-refractivity contribution is -0.117. The molecular formula is C18H23NO. The topological polar surface area (TPSA) is 29.1 Å². The predicted molar refractivity (Wildman–Crippen MR) is 82.6 cm³/mol. The van der Waals surface area contributed by atoms with Gasteiger partial charge in [-0.3, -0.25) is 4.79 Å². The van der Waals surface area contributed by atoms with E-state index < -0.39 is 0 Å². The minimum absolute atomic E-state index is 0.200. The van der Waals surface area contributed by atoms with E-state index in [0.717, 1.165) is 5.69 Å². The molecule has 20 heavy (non-hydrogen) atoms.